The molecule has 0 fully saturated rings. The number of nitrogens with zero attached hydrogens (tertiary/aromatic N) is 3. The molecule has 27 heavy (non-hydrogen) atoms. The second kappa shape index (κ2) is 6.84. The van der Waals surface area contributed by atoms with Crippen LogP contribution >= 0.6 is 0 Å². The minimum absolute atomic E-state index is 0.244. The summed E-state index contributed by atoms with van der Waals surface area (Å²) in [6.45, 7) is 0. The largest absolute Gasteiger partial charge is 0.282 e. The molecule has 0 aliphatic heterocycles. The smallest absolute Gasteiger partial charge is 0.168 e. The van der Waals surface area contributed by atoms with Gasteiger partial charge in [0, 0.05) is 29.0 Å². The van der Waals surface area contributed by atoms with Crippen LogP contribution < -0.4 is 0 Å². The second-order valence-electron chi connectivity index (χ2n) is 7.09. The van der Waals surface area contributed by atoms with Crippen LogP contribution in [0.1, 0.15) is 18.2 Å². The zero-order chi connectivity index (χ0) is 18.1. The Morgan fingerprint density at radius 2 is 1.63 bits per heavy atom. The molecule has 5 rings (SSSR count). The lowest BCUT2D eigenvalue weighted by Crippen LogP contribution is -2.21. The highest BCUT2D eigenvalue weighted by atomic mass is 15.3. The summed E-state index contributed by atoms with van der Waals surface area (Å²) in [6.07, 6.45) is 25.1. The maximum atomic E-state index is 4.65. The number of rotatable bonds is 3. The van der Waals surface area contributed by atoms with Gasteiger partial charge in [-0.1, -0.05) is 91.1 Å². The monoisotopic (exact) mass is 351 g/mol. The summed E-state index contributed by atoms with van der Waals surface area (Å²) in [7, 11) is 0. The molecule has 132 valence electrons. The van der Waals surface area contributed by atoms with Gasteiger partial charge >= 0.3 is 0 Å². The van der Waals surface area contributed by atoms with Crippen LogP contribution in [0.4, 0.5) is 0 Å². The van der Waals surface area contributed by atoms with Crippen LogP contribution in [0, 0.1) is 11.8 Å². The third kappa shape index (κ3) is 2.85. The molecule has 1 heterocycles. The molecule has 3 atom stereocenters. The third-order valence-electron chi connectivity index (χ3n) is 5.41. The maximum absolute atomic E-state index is 4.65. The zero-order valence-corrected chi connectivity index (χ0v) is 15.0. The van der Waals surface area contributed by atoms with Crippen LogP contribution in [-0.2, 0) is 0 Å². The first-order valence-electron chi connectivity index (χ1n) is 9.49. The van der Waals surface area contributed by atoms with Gasteiger partial charge in [0.15, 0.2) is 5.82 Å². The van der Waals surface area contributed by atoms with E-state index in [0.717, 1.165) is 23.6 Å². The van der Waals surface area contributed by atoms with Crippen LogP contribution in [0.25, 0.3) is 17.1 Å². The quantitative estimate of drug-likeness (QED) is 0.750. The average Bonchev–Trinajstić information content (AvgIpc) is 3.19. The number of aromatic nitrogens is 3. The van der Waals surface area contributed by atoms with Crippen molar-refractivity contribution < 1.29 is 0 Å². The van der Waals surface area contributed by atoms with E-state index in [9.17, 15) is 0 Å². The van der Waals surface area contributed by atoms with Gasteiger partial charge in [-0.15, -0.1) is 10.2 Å². The van der Waals surface area contributed by atoms with Gasteiger partial charge in [0.05, 0.1) is 0 Å². The Hall–Kier alpha value is -3.20. The summed E-state index contributed by atoms with van der Waals surface area (Å²) in [6, 6.07) is 10.4. The molecule has 0 amide bonds. The van der Waals surface area contributed by atoms with Gasteiger partial charge in [-0.3, -0.25) is 4.57 Å². The molecular formula is C24H21N3. The van der Waals surface area contributed by atoms with Crippen molar-refractivity contribution in [2.45, 2.75) is 12.3 Å². The highest BCUT2D eigenvalue weighted by Gasteiger charge is 2.29. The Balaban J connectivity index is 1.68. The Labute approximate surface area is 159 Å². The molecule has 0 saturated heterocycles. The van der Waals surface area contributed by atoms with E-state index in [1.807, 2.05) is 6.07 Å². The molecule has 1 aromatic carbocycles. The SMILES string of the molecule is C1=CCC(c2nnc(-c3ccccc3)n2C2=CC=CC3C=CC=CC23)C=C1. The lowest BCUT2D eigenvalue weighted by molar-refractivity contribution is 0.634. The maximum Gasteiger partial charge on any atom is 0.168 e. The van der Waals surface area contributed by atoms with E-state index in [1.165, 1.54) is 5.70 Å². The van der Waals surface area contributed by atoms with Crippen LogP contribution in [0.5, 0.6) is 0 Å². The van der Waals surface area contributed by atoms with Gasteiger partial charge in [-0.25, -0.2) is 0 Å². The first kappa shape index (κ1) is 16.0. The van der Waals surface area contributed by atoms with Gasteiger partial charge in [0.1, 0.15) is 5.82 Å². The van der Waals surface area contributed by atoms with E-state index >= 15 is 0 Å². The van der Waals surface area contributed by atoms with Crippen LogP contribution in [0.2, 0.25) is 0 Å². The van der Waals surface area contributed by atoms with Crippen molar-refractivity contribution in [1.82, 2.24) is 14.8 Å². The fraction of sp³-hybridized carbons (Fsp3) is 0.167. The molecule has 0 bridgehead atoms. The normalized spacial score (nSPS) is 25.5. The Bertz CT molecular complexity index is 1020. The summed E-state index contributed by atoms with van der Waals surface area (Å²) in [4.78, 5) is 0. The van der Waals surface area contributed by atoms with Crippen LogP contribution in [-0.4, -0.2) is 14.8 Å². The molecule has 0 saturated carbocycles. The van der Waals surface area contributed by atoms with E-state index in [-0.39, 0.29) is 5.92 Å². The molecule has 0 radical (unpaired) electrons. The van der Waals surface area contributed by atoms with Crippen molar-refractivity contribution in [2.24, 2.45) is 11.8 Å². The fourth-order valence-electron chi connectivity index (χ4n) is 4.06. The number of hydrogen-bond donors (Lipinski definition) is 0. The Morgan fingerprint density at radius 1 is 0.815 bits per heavy atom. The highest BCUT2D eigenvalue weighted by molar-refractivity contribution is 5.67. The molecule has 1 aromatic heterocycles. The molecule has 3 aliphatic rings. The van der Waals surface area contributed by atoms with E-state index in [1.54, 1.807) is 0 Å². The average molecular weight is 351 g/mol. The summed E-state index contributed by atoms with van der Waals surface area (Å²) >= 11 is 0. The predicted molar refractivity (Wildman–Crippen MR) is 110 cm³/mol. The number of fused-ring (bicyclic) bond motifs is 1. The summed E-state index contributed by atoms with van der Waals surface area (Å²) in [5, 5.41) is 9.27. The van der Waals surface area contributed by atoms with Gasteiger partial charge < -0.3 is 0 Å². The van der Waals surface area contributed by atoms with Crippen molar-refractivity contribution >= 4 is 5.70 Å². The van der Waals surface area contributed by atoms with Crippen molar-refractivity contribution in [3.8, 4) is 11.4 Å². The minimum Gasteiger partial charge on any atom is -0.282 e. The zero-order valence-electron chi connectivity index (χ0n) is 15.0. The summed E-state index contributed by atoms with van der Waals surface area (Å²) in [5.41, 5.74) is 2.33. The molecule has 3 heteroatoms. The van der Waals surface area contributed by atoms with E-state index < -0.39 is 0 Å². The lowest BCUT2D eigenvalue weighted by atomic mass is 9.82. The molecular weight excluding hydrogens is 330 g/mol. The van der Waals surface area contributed by atoms with Crippen molar-refractivity contribution in [2.75, 3.05) is 0 Å². The lowest BCUT2D eigenvalue weighted by Gasteiger charge is -2.29. The van der Waals surface area contributed by atoms with Crippen molar-refractivity contribution in [1.29, 1.82) is 0 Å². The van der Waals surface area contributed by atoms with Gasteiger partial charge in [0.25, 0.3) is 0 Å². The first-order valence-corrected chi connectivity index (χ1v) is 9.49. The Morgan fingerprint density at radius 3 is 2.48 bits per heavy atom. The summed E-state index contributed by atoms with van der Waals surface area (Å²) in [5.74, 6) is 2.86. The fourth-order valence-corrected chi connectivity index (χ4v) is 4.06. The Kier molecular flexibility index (Phi) is 4.06. The van der Waals surface area contributed by atoms with Crippen molar-refractivity contribution in [3.63, 3.8) is 0 Å². The highest BCUT2D eigenvalue weighted by Crippen LogP contribution is 2.38. The molecule has 0 N–H and O–H groups in total. The summed E-state index contributed by atoms with van der Waals surface area (Å²) < 4.78 is 2.29. The van der Waals surface area contributed by atoms with Gasteiger partial charge in [-0.05, 0) is 12.5 Å². The van der Waals surface area contributed by atoms with Crippen molar-refractivity contribution in [3.05, 3.63) is 103 Å². The molecule has 3 unspecified atom stereocenters. The molecule has 3 aliphatic carbocycles. The molecule has 0 spiro atoms. The van der Waals surface area contributed by atoms with Gasteiger partial charge in [-0.2, -0.15) is 0 Å². The minimum atomic E-state index is 0.244. The van der Waals surface area contributed by atoms with Gasteiger partial charge in [0.2, 0.25) is 0 Å². The number of hydrogen-bond acceptors (Lipinski definition) is 2. The van der Waals surface area contributed by atoms with Crippen LogP contribution in [0.3, 0.4) is 0 Å². The molecule has 2 aromatic rings. The predicted octanol–water partition coefficient (Wildman–Crippen LogP) is 5.31. The van der Waals surface area contributed by atoms with E-state index in [2.05, 4.69) is 106 Å². The van der Waals surface area contributed by atoms with E-state index in [4.69, 9.17) is 0 Å². The van der Waals surface area contributed by atoms with E-state index in [0.29, 0.717) is 11.8 Å². The topological polar surface area (TPSA) is 30.7 Å². The third-order valence-corrected chi connectivity index (χ3v) is 5.41. The first-order chi connectivity index (χ1) is 13.4. The number of benzene rings is 1. The van der Waals surface area contributed by atoms with Crippen LogP contribution in [0.15, 0.2) is 97.2 Å². The standard InChI is InChI=1S/C24H21N3/c1-3-11-19(12-4-1)23-25-26-24(20-13-5-2-6-14-20)27(23)22-17-9-15-18-10-7-8-16-21(18)22/h1-13,15-18,20-21H,14H2. The second-order valence-corrected chi connectivity index (χ2v) is 7.09. The molecule has 3 nitrogen and oxygen atoms in total. The number of allylic oxidation sites excluding steroid dienone is 12.